The summed E-state index contributed by atoms with van der Waals surface area (Å²) in [4.78, 5) is 28.5. The van der Waals surface area contributed by atoms with E-state index in [1.54, 1.807) is 6.20 Å². The highest BCUT2D eigenvalue weighted by Gasteiger charge is 2.26. The molecule has 4 rings (SSSR count). The first-order chi connectivity index (χ1) is 13.3. The van der Waals surface area contributed by atoms with Gasteiger partial charge in [-0.15, -0.1) is 0 Å². The van der Waals surface area contributed by atoms with Crippen LogP contribution in [0.4, 0.5) is 5.95 Å². The number of hydrogen-bond donors (Lipinski definition) is 1. The van der Waals surface area contributed by atoms with Gasteiger partial charge in [-0.05, 0) is 56.2 Å². The van der Waals surface area contributed by atoms with E-state index in [9.17, 15) is 4.79 Å². The molecule has 2 aliphatic rings. The van der Waals surface area contributed by atoms with Crippen molar-refractivity contribution in [3.63, 3.8) is 0 Å². The highest BCUT2D eigenvalue weighted by molar-refractivity contribution is 5.79. The Hall–Kier alpha value is -2.50. The van der Waals surface area contributed by atoms with Gasteiger partial charge in [0.1, 0.15) is 0 Å². The predicted octanol–water partition coefficient (Wildman–Crippen LogP) is 2.33. The fourth-order valence-electron chi connectivity index (χ4n) is 3.97. The molecule has 0 spiro atoms. The summed E-state index contributed by atoms with van der Waals surface area (Å²) in [5.41, 5.74) is 3.26. The first kappa shape index (κ1) is 17.9. The van der Waals surface area contributed by atoms with Gasteiger partial charge in [0.2, 0.25) is 11.9 Å². The van der Waals surface area contributed by atoms with Gasteiger partial charge >= 0.3 is 0 Å². The zero-order valence-electron chi connectivity index (χ0n) is 15.7. The number of fused-ring (bicyclic) bond motifs is 1. The third kappa shape index (κ3) is 4.43. The Kier molecular flexibility index (Phi) is 5.61. The molecule has 1 aliphatic carbocycles. The van der Waals surface area contributed by atoms with Gasteiger partial charge in [-0.25, -0.2) is 9.97 Å². The molecule has 1 fully saturated rings. The highest BCUT2D eigenvalue weighted by Crippen LogP contribution is 2.26. The van der Waals surface area contributed by atoms with Crippen molar-refractivity contribution in [1.29, 1.82) is 0 Å². The van der Waals surface area contributed by atoms with Crippen LogP contribution in [0.2, 0.25) is 0 Å². The maximum Gasteiger partial charge on any atom is 0.225 e. The van der Waals surface area contributed by atoms with Crippen LogP contribution in [0.25, 0.3) is 0 Å². The Balaban J connectivity index is 1.31. The standard InChI is InChI=1S/C21H27N5O/c27-20(23-11-9-18-6-2-3-10-22-18)16-7-8-19-17(14-16)15-24-21(25-19)26-12-4-1-5-13-26/h2-3,6,10,15-16H,1,4-5,7-9,11-14H2,(H,23,27)/t16-/m0/s1. The first-order valence-electron chi connectivity index (χ1n) is 10.1. The van der Waals surface area contributed by atoms with Gasteiger partial charge in [0, 0.05) is 55.8 Å². The molecule has 2 aromatic rings. The second-order valence-electron chi connectivity index (χ2n) is 7.49. The molecule has 1 N–H and O–H groups in total. The van der Waals surface area contributed by atoms with Crippen molar-refractivity contribution in [1.82, 2.24) is 20.3 Å². The third-order valence-electron chi connectivity index (χ3n) is 5.55. The number of nitrogens with one attached hydrogen (secondary N) is 1. The van der Waals surface area contributed by atoms with Gasteiger partial charge in [-0.1, -0.05) is 6.07 Å². The van der Waals surface area contributed by atoms with E-state index < -0.39 is 0 Å². The summed E-state index contributed by atoms with van der Waals surface area (Å²) < 4.78 is 0. The van der Waals surface area contributed by atoms with Crippen molar-refractivity contribution in [3.05, 3.63) is 47.5 Å². The lowest BCUT2D eigenvalue weighted by Gasteiger charge is -2.28. The fraction of sp³-hybridized carbons (Fsp3) is 0.524. The van der Waals surface area contributed by atoms with Crippen LogP contribution in [0.5, 0.6) is 0 Å². The third-order valence-corrected chi connectivity index (χ3v) is 5.55. The van der Waals surface area contributed by atoms with Gasteiger partial charge in [0.25, 0.3) is 0 Å². The van der Waals surface area contributed by atoms with Gasteiger partial charge in [0.05, 0.1) is 0 Å². The van der Waals surface area contributed by atoms with Crippen molar-refractivity contribution in [2.45, 2.75) is 44.9 Å². The number of aryl methyl sites for hydroxylation is 1. The number of carbonyl (C=O) groups excluding carboxylic acids is 1. The number of nitrogens with zero attached hydrogens (tertiary/aromatic N) is 4. The van der Waals surface area contributed by atoms with Crippen LogP contribution < -0.4 is 10.2 Å². The smallest absolute Gasteiger partial charge is 0.225 e. The summed E-state index contributed by atoms with van der Waals surface area (Å²) in [5.74, 6) is 1.02. The van der Waals surface area contributed by atoms with Crippen LogP contribution in [0.15, 0.2) is 30.6 Å². The van der Waals surface area contributed by atoms with E-state index >= 15 is 0 Å². The van der Waals surface area contributed by atoms with E-state index in [1.807, 2.05) is 24.4 Å². The minimum atomic E-state index is 0.0191. The number of anilines is 1. The number of amides is 1. The molecule has 0 bridgehead atoms. The highest BCUT2D eigenvalue weighted by atomic mass is 16.1. The lowest BCUT2D eigenvalue weighted by Crippen LogP contribution is -2.36. The molecule has 1 saturated heterocycles. The minimum absolute atomic E-state index is 0.0191. The first-order valence-corrected chi connectivity index (χ1v) is 10.1. The van der Waals surface area contributed by atoms with Crippen LogP contribution in [0, 0.1) is 5.92 Å². The summed E-state index contributed by atoms with van der Waals surface area (Å²) in [6.07, 6.45) is 10.7. The molecule has 0 aromatic carbocycles. The van der Waals surface area contributed by atoms with E-state index in [0.717, 1.165) is 61.7 Å². The average Bonchev–Trinajstić information content (AvgIpc) is 2.74. The average molecular weight is 365 g/mol. The van der Waals surface area contributed by atoms with Gasteiger partial charge in [-0.2, -0.15) is 0 Å². The molecule has 0 unspecified atom stereocenters. The number of carbonyl (C=O) groups is 1. The van der Waals surface area contributed by atoms with Crippen LogP contribution >= 0.6 is 0 Å². The molecular formula is C21H27N5O. The largest absolute Gasteiger partial charge is 0.355 e. The lowest BCUT2D eigenvalue weighted by atomic mass is 9.86. The molecule has 3 heterocycles. The van der Waals surface area contributed by atoms with Crippen LogP contribution in [-0.4, -0.2) is 40.5 Å². The van der Waals surface area contributed by atoms with E-state index in [0.29, 0.717) is 6.54 Å². The summed E-state index contributed by atoms with van der Waals surface area (Å²) in [6.45, 7) is 2.74. The van der Waals surface area contributed by atoms with Gasteiger partial charge in [0.15, 0.2) is 0 Å². The number of rotatable bonds is 5. The second kappa shape index (κ2) is 8.46. The van der Waals surface area contributed by atoms with E-state index in [-0.39, 0.29) is 11.8 Å². The maximum atomic E-state index is 12.5. The molecule has 6 nitrogen and oxygen atoms in total. The number of pyridine rings is 1. The minimum Gasteiger partial charge on any atom is -0.355 e. The number of hydrogen-bond acceptors (Lipinski definition) is 5. The van der Waals surface area contributed by atoms with Gasteiger partial charge in [-0.3, -0.25) is 9.78 Å². The summed E-state index contributed by atoms with van der Waals surface area (Å²) in [7, 11) is 0. The quantitative estimate of drug-likeness (QED) is 0.880. The molecule has 0 radical (unpaired) electrons. The van der Waals surface area contributed by atoms with Gasteiger partial charge < -0.3 is 10.2 Å². The lowest BCUT2D eigenvalue weighted by molar-refractivity contribution is -0.125. The van der Waals surface area contributed by atoms with Crippen molar-refractivity contribution < 1.29 is 4.79 Å². The summed E-state index contributed by atoms with van der Waals surface area (Å²) in [6, 6.07) is 5.86. The number of aromatic nitrogens is 3. The SMILES string of the molecule is O=C(NCCc1ccccn1)[C@H]1CCc2nc(N3CCCCC3)ncc2C1. The Morgan fingerprint density at radius 2 is 2.07 bits per heavy atom. The van der Waals surface area contributed by atoms with Crippen LogP contribution in [0.3, 0.4) is 0 Å². The van der Waals surface area contributed by atoms with Crippen molar-refractivity contribution in [2.75, 3.05) is 24.5 Å². The topological polar surface area (TPSA) is 71.0 Å². The normalized spacial score (nSPS) is 19.4. The Bertz CT molecular complexity index is 773. The summed E-state index contributed by atoms with van der Waals surface area (Å²) in [5, 5.41) is 3.07. The van der Waals surface area contributed by atoms with Crippen molar-refractivity contribution >= 4 is 11.9 Å². The Labute approximate surface area is 160 Å². The zero-order valence-corrected chi connectivity index (χ0v) is 15.7. The second-order valence-corrected chi connectivity index (χ2v) is 7.49. The Morgan fingerprint density at radius 1 is 1.19 bits per heavy atom. The monoisotopic (exact) mass is 365 g/mol. The van der Waals surface area contributed by atoms with E-state index in [2.05, 4.69) is 20.2 Å². The fourth-order valence-corrected chi connectivity index (χ4v) is 3.97. The van der Waals surface area contributed by atoms with Crippen LogP contribution in [0.1, 0.15) is 42.6 Å². The molecule has 27 heavy (non-hydrogen) atoms. The molecule has 142 valence electrons. The molecule has 1 amide bonds. The molecule has 0 saturated carbocycles. The predicted molar refractivity (Wildman–Crippen MR) is 105 cm³/mol. The Morgan fingerprint density at radius 3 is 2.89 bits per heavy atom. The zero-order chi connectivity index (χ0) is 18.5. The van der Waals surface area contributed by atoms with E-state index in [4.69, 9.17) is 4.98 Å². The molecular weight excluding hydrogens is 338 g/mol. The summed E-state index contributed by atoms with van der Waals surface area (Å²) >= 11 is 0. The van der Waals surface area contributed by atoms with Crippen molar-refractivity contribution in [2.24, 2.45) is 5.92 Å². The van der Waals surface area contributed by atoms with E-state index in [1.165, 1.54) is 19.3 Å². The van der Waals surface area contributed by atoms with Crippen molar-refractivity contribution in [3.8, 4) is 0 Å². The molecule has 6 heteroatoms. The molecule has 2 aromatic heterocycles. The maximum absolute atomic E-state index is 12.5. The number of piperidine rings is 1. The molecule has 1 aliphatic heterocycles. The molecule has 1 atom stereocenters. The van der Waals surface area contributed by atoms with Crippen LogP contribution in [-0.2, 0) is 24.1 Å².